The van der Waals surface area contributed by atoms with Crippen molar-refractivity contribution in [3.05, 3.63) is 41.5 Å². The second-order valence-electron chi connectivity index (χ2n) is 8.31. The van der Waals surface area contributed by atoms with E-state index in [9.17, 15) is 8.78 Å². The standard InChI is InChI=1S/C24H34F2O3/c1-3-5-17-6-8-18(9-7-17)15-28-22-13-10-19(16-29-22)20-11-12-21(27-14-4-2)24(26)23(20)25/h3,5,11-12,17-19,22H,4,6-10,13-16H2,1-2H3. The molecule has 1 aliphatic carbocycles. The molecule has 1 saturated heterocycles. The highest BCUT2D eigenvalue weighted by Gasteiger charge is 2.28. The number of benzene rings is 1. The van der Waals surface area contributed by atoms with Gasteiger partial charge in [-0.3, -0.25) is 0 Å². The number of allylic oxidation sites excluding steroid dienone is 2. The second kappa shape index (κ2) is 11.1. The zero-order valence-corrected chi connectivity index (χ0v) is 17.7. The van der Waals surface area contributed by atoms with Crippen molar-refractivity contribution in [2.45, 2.75) is 71.0 Å². The van der Waals surface area contributed by atoms with Gasteiger partial charge in [-0.1, -0.05) is 25.1 Å². The maximum Gasteiger partial charge on any atom is 0.200 e. The van der Waals surface area contributed by atoms with Crippen LogP contribution in [-0.4, -0.2) is 26.1 Å². The van der Waals surface area contributed by atoms with E-state index in [-0.39, 0.29) is 18.0 Å². The van der Waals surface area contributed by atoms with Crippen molar-refractivity contribution < 1.29 is 23.0 Å². The van der Waals surface area contributed by atoms with Gasteiger partial charge in [-0.15, -0.1) is 0 Å². The van der Waals surface area contributed by atoms with Crippen LogP contribution in [0.15, 0.2) is 24.3 Å². The SMILES string of the molecule is CC=CC1CCC(COC2CCC(c3ccc(OCCC)c(F)c3F)CO2)CC1. The molecule has 1 aromatic rings. The molecule has 0 amide bonds. The van der Waals surface area contributed by atoms with Crippen LogP contribution in [0, 0.1) is 23.5 Å². The Balaban J connectivity index is 1.44. The molecule has 5 heteroatoms. The third-order valence-corrected chi connectivity index (χ3v) is 6.09. The molecule has 2 atom stereocenters. The molecular formula is C24H34F2O3. The van der Waals surface area contributed by atoms with E-state index >= 15 is 0 Å². The summed E-state index contributed by atoms with van der Waals surface area (Å²) in [5.74, 6) is -0.569. The molecule has 2 unspecified atom stereocenters. The Morgan fingerprint density at radius 2 is 1.86 bits per heavy atom. The van der Waals surface area contributed by atoms with Crippen LogP contribution in [0.3, 0.4) is 0 Å². The summed E-state index contributed by atoms with van der Waals surface area (Å²) < 4.78 is 45.8. The van der Waals surface area contributed by atoms with Crippen LogP contribution >= 0.6 is 0 Å². The lowest BCUT2D eigenvalue weighted by Crippen LogP contribution is -2.30. The van der Waals surface area contributed by atoms with Crippen LogP contribution in [-0.2, 0) is 9.47 Å². The first-order chi connectivity index (χ1) is 14.1. The van der Waals surface area contributed by atoms with Gasteiger partial charge >= 0.3 is 0 Å². The van der Waals surface area contributed by atoms with Crippen LogP contribution in [0.4, 0.5) is 8.78 Å². The topological polar surface area (TPSA) is 27.7 Å². The van der Waals surface area contributed by atoms with Crippen LogP contribution < -0.4 is 4.74 Å². The zero-order chi connectivity index (χ0) is 20.6. The third-order valence-electron chi connectivity index (χ3n) is 6.09. The first-order valence-corrected chi connectivity index (χ1v) is 11.1. The normalized spacial score (nSPS) is 28.0. The predicted octanol–water partition coefficient (Wildman–Crippen LogP) is 6.37. The highest BCUT2D eigenvalue weighted by molar-refractivity contribution is 5.33. The zero-order valence-electron chi connectivity index (χ0n) is 17.7. The molecule has 3 rings (SSSR count). The van der Waals surface area contributed by atoms with Crippen LogP contribution in [0.1, 0.15) is 70.3 Å². The quantitative estimate of drug-likeness (QED) is 0.468. The van der Waals surface area contributed by atoms with Gasteiger partial charge in [0.25, 0.3) is 0 Å². The Morgan fingerprint density at radius 1 is 1.07 bits per heavy atom. The lowest BCUT2D eigenvalue weighted by Gasteiger charge is -2.32. The molecule has 1 aliphatic heterocycles. The van der Waals surface area contributed by atoms with Crippen molar-refractivity contribution in [2.24, 2.45) is 11.8 Å². The van der Waals surface area contributed by atoms with Gasteiger partial charge < -0.3 is 14.2 Å². The largest absolute Gasteiger partial charge is 0.490 e. The van der Waals surface area contributed by atoms with Gasteiger partial charge in [0.1, 0.15) is 0 Å². The fourth-order valence-electron chi connectivity index (χ4n) is 4.35. The van der Waals surface area contributed by atoms with Crippen molar-refractivity contribution in [2.75, 3.05) is 19.8 Å². The summed E-state index contributed by atoms with van der Waals surface area (Å²) in [4.78, 5) is 0. The number of ether oxygens (including phenoxy) is 3. The molecule has 162 valence electrons. The lowest BCUT2D eigenvalue weighted by molar-refractivity contribution is -0.175. The van der Waals surface area contributed by atoms with Gasteiger partial charge in [0.2, 0.25) is 5.82 Å². The van der Waals surface area contributed by atoms with Crippen LogP contribution in [0.25, 0.3) is 0 Å². The van der Waals surface area contributed by atoms with E-state index in [1.807, 2.05) is 6.92 Å². The van der Waals surface area contributed by atoms with E-state index in [0.29, 0.717) is 31.1 Å². The predicted molar refractivity (Wildman–Crippen MR) is 110 cm³/mol. The van der Waals surface area contributed by atoms with Crippen molar-refractivity contribution >= 4 is 0 Å². The van der Waals surface area contributed by atoms with Crippen molar-refractivity contribution in [1.29, 1.82) is 0 Å². The van der Waals surface area contributed by atoms with Gasteiger partial charge in [0.05, 0.1) is 19.8 Å². The van der Waals surface area contributed by atoms with E-state index in [1.165, 1.54) is 31.7 Å². The van der Waals surface area contributed by atoms with Gasteiger partial charge in [-0.2, -0.15) is 4.39 Å². The molecule has 0 spiro atoms. The van der Waals surface area contributed by atoms with E-state index in [0.717, 1.165) is 25.4 Å². The second-order valence-corrected chi connectivity index (χ2v) is 8.31. The molecule has 0 aromatic heterocycles. The molecule has 0 bridgehead atoms. The summed E-state index contributed by atoms with van der Waals surface area (Å²) in [6, 6.07) is 3.15. The third kappa shape index (κ3) is 6.02. The van der Waals surface area contributed by atoms with Gasteiger partial charge in [-0.25, -0.2) is 4.39 Å². The number of halogens is 2. The van der Waals surface area contributed by atoms with Crippen LogP contribution in [0.2, 0.25) is 0 Å². The highest BCUT2D eigenvalue weighted by Crippen LogP contribution is 2.35. The summed E-state index contributed by atoms with van der Waals surface area (Å²) in [6.07, 6.45) is 11.3. The van der Waals surface area contributed by atoms with Gasteiger partial charge in [-0.05, 0) is 75.3 Å². The maximum atomic E-state index is 14.5. The number of rotatable bonds is 8. The molecule has 29 heavy (non-hydrogen) atoms. The Bertz CT molecular complexity index is 660. The molecule has 3 nitrogen and oxygen atoms in total. The Kier molecular flexibility index (Phi) is 8.49. The van der Waals surface area contributed by atoms with E-state index in [1.54, 1.807) is 6.07 Å². The van der Waals surface area contributed by atoms with Gasteiger partial charge in [0, 0.05) is 5.92 Å². The summed E-state index contributed by atoms with van der Waals surface area (Å²) in [5.41, 5.74) is 0.368. The average molecular weight is 409 g/mol. The molecule has 1 saturated carbocycles. The summed E-state index contributed by atoms with van der Waals surface area (Å²) in [7, 11) is 0. The maximum absolute atomic E-state index is 14.5. The monoisotopic (exact) mass is 408 g/mol. The molecule has 2 fully saturated rings. The molecule has 0 N–H and O–H groups in total. The highest BCUT2D eigenvalue weighted by atomic mass is 19.2. The molecule has 2 aliphatic rings. The minimum absolute atomic E-state index is 0.0183. The summed E-state index contributed by atoms with van der Waals surface area (Å²) >= 11 is 0. The van der Waals surface area contributed by atoms with Crippen molar-refractivity contribution in [3.63, 3.8) is 0 Å². The lowest BCUT2D eigenvalue weighted by atomic mass is 9.82. The first kappa shape index (κ1) is 22.2. The summed E-state index contributed by atoms with van der Waals surface area (Å²) in [5, 5.41) is 0. The molecular weight excluding hydrogens is 374 g/mol. The average Bonchev–Trinajstić information content (AvgIpc) is 2.75. The number of hydrogen-bond acceptors (Lipinski definition) is 3. The van der Waals surface area contributed by atoms with E-state index in [4.69, 9.17) is 14.2 Å². The van der Waals surface area contributed by atoms with Crippen molar-refractivity contribution in [1.82, 2.24) is 0 Å². The van der Waals surface area contributed by atoms with Gasteiger partial charge in [0.15, 0.2) is 17.9 Å². The van der Waals surface area contributed by atoms with E-state index in [2.05, 4.69) is 19.1 Å². The van der Waals surface area contributed by atoms with Crippen LogP contribution in [0.5, 0.6) is 5.75 Å². The minimum atomic E-state index is -0.900. The Hall–Kier alpha value is -1.46. The Morgan fingerprint density at radius 3 is 2.52 bits per heavy atom. The van der Waals surface area contributed by atoms with E-state index < -0.39 is 11.6 Å². The molecule has 1 aromatic carbocycles. The molecule has 0 radical (unpaired) electrons. The number of hydrogen-bond donors (Lipinski definition) is 0. The molecule has 1 heterocycles. The Labute approximate surface area is 173 Å². The van der Waals surface area contributed by atoms with Crippen molar-refractivity contribution in [3.8, 4) is 5.75 Å². The smallest absolute Gasteiger partial charge is 0.200 e. The fourth-order valence-corrected chi connectivity index (χ4v) is 4.35. The minimum Gasteiger partial charge on any atom is -0.490 e. The summed E-state index contributed by atoms with van der Waals surface area (Å²) in [6.45, 7) is 5.46. The fraction of sp³-hybridized carbons (Fsp3) is 0.667. The first-order valence-electron chi connectivity index (χ1n) is 11.1.